The summed E-state index contributed by atoms with van der Waals surface area (Å²) in [7, 11) is 0. The number of amides is 2. The van der Waals surface area contributed by atoms with Gasteiger partial charge < -0.3 is 10.2 Å². The number of halogens is 1. The Labute approximate surface area is 123 Å². The third kappa shape index (κ3) is 2.41. The zero-order valence-corrected chi connectivity index (χ0v) is 12.3. The van der Waals surface area contributed by atoms with Gasteiger partial charge in [-0.25, -0.2) is 4.39 Å². The Kier molecular flexibility index (Phi) is 3.23. The molecule has 112 valence electrons. The fraction of sp³-hybridized carbons (Fsp3) is 0.500. The van der Waals surface area contributed by atoms with Crippen LogP contribution >= 0.6 is 0 Å². The van der Waals surface area contributed by atoms with Gasteiger partial charge in [-0.2, -0.15) is 0 Å². The number of hydrogen-bond donors (Lipinski definition) is 1. The second-order valence-corrected chi connectivity index (χ2v) is 6.17. The highest BCUT2D eigenvalue weighted by Gasteiger charge is 2.51. The summed E-state index contributed by atoms with van der Waals surface area (Å²) in [5.41, 5.74) is 0.196. The van der Waals surface area contributed by atoms with E-state index in [0.29, 0.717) is 11.3 Å². The summed E-state index contributed by atoms with van der Waals surface area (Å²) in [4.78, 5) is 26.3. The number of carbonyl (C=O) groups is 2. The third-order valence-corrected chi connectivity index (χ3v) is 4.51. The Morgan fingerprint density at radius 3 is 2.67 bits per heavy atom. The summed E-state index contributed by atoms with van der Waals surface area (Å²) in [5, 5.41) is 2.87. The third-order valence-electron chi connectivity index (χ3n) is 4.51. The van der Waals surface area contributed by atoms with Crippen molar-refractivity contribution in [3.05, 3.63) is 29.6 Å². The van der Waals surface area contributed by atoms with Crippen LogP contribution in [0, 0.1) is 18.7 Å². The van der Waals surface area contributed by atoms with Crippen LogP contribution in [0.15, 0.2) is 18.2 Å². The van der Waals surface area contributed by atoms with E-state index in [2.05, 4.69) is 5.32 Å². The minimum Gasteiger partial charge on any atom is -0.342 e. The predicted molar refractivity (Wildman–Crippen MR) is 77.4 cm³/mol. The molecule has 0 radical (unpaired) electrons. The standard InChI is InChI=1S/C16H19FN2O2/c1-10-3-6-12(9-13(10)17)19-8-7-14(20)18-16(2,15(19)21)11-4-5-11/h3,6,9,11H,4-5,7-8H2,1-2H3,(H,18,20). The number of hydrogen-bond acceptors (Lipinski definition) is 2. The molecule has 1 heterocycles. The van der Waals surface area contributed by atoms with Gasteiger partial charge in [0.2, 0.25) is 5.91 Å². The quantitative estimate of drug-likeness (QED) is 0.907. The minimum absolute atomic E-state index is 0.118. The van der Waals surface area contributed by atoms with Crippen LogP contribution in [-0.2, 0) is 9.59 Å². The van der Waals surface area contributed by atoms with Crippen molar-refractivity contribution in [3.63, 3.8) is 0 Å². The van der Waals surface area contributed by atoms with Gasteiger partial charge in [0.05, 0.1) is 0 Å². The molecule has 1 saturated heterocycles. The molecule has 1 aliphatic heterocycles. The normalized spacial score (nSPS) is 26.5. The van der Waals surface area contributed by atoms with Crippen LogP contribution in [0.3, 0.4) is 0 Å². The van der Waals surface area contributed by atoms with E-state index in [1.54, 1.807) is 30.9 Å². The molecule has 0 spiro atoms. The summed E-state index contributed by atoms with van der Waals surface area (Å²) < 4.78 is 13.8. The highest BCUT2D eigenvalue weighted by atomic mass is 19.1. The molecule has 2 fully saturated rings. The average molecular weight is 290 g/mol. The lowest BCUT2D eigenvalue weighted by molar-refractivity contribution is -0.130. The first kappa shape index (κ1) is 14.0. The zero-order valence-electron chi connectivity index (χ0n) is 12.3. The number of nitrogens with zero attached hydrogens (tertiary/aromatic N) is 1. The van der Waals surface area contributed by atoms with Crippen molar-refractivity contribution in [3.8, 4) is 0 Å². The Balaban J connectivity index is 1.98. The maximum atomic E-state index is 13.8. The van der Waals surface area contributed by atoms with Crippen LogP contribution in [0.2, 0.25) is 0 Å². The van der Waals surface area contributed by atoms with Crippen LogP contribution < -0.4 is 10.2 Å². The van der Waals surface area contributed by atoms with Gasteiger partial charge >= 0.3 is 0 Å². The maximum absolute atomic E-state index is 13.8. The second kappa shape index (κ2) is 4.83. The molecular formula is C16H19FN2O2. The second-order valence-electron chi connectivity index (χ2n) is 6.17. The molecule has 3 rings (SSSR count). The van der Waals surface area contributed by atoms with Crippen LogP contribution in [0.4, 0.5) is 10.1 Å². The fourth-order valence-corrected chi connectivity index (χ4v) is 2.93. The summed E-state index contributed by atoms with van der Waals surface area (Å²) >= 11 is 0. The van der Waals surface area contributed by atoms with Crippen LogP contribution in [0.1, 0.15) is 31.7 Å². The fourth-order valence-electron chi connectivity index (χ4n) is 2.93. The van der Waals surface area contributed by atoms with Crippen molar-refractivity contribution in [1.29, 1.82) is 0 Å². The average Bonchev–Trinajstić information content (AvgIpc) is 3.26. The molecule has 1 aromatic rings. The lowest BCUT2D eigenvalue weighted by atomic mass is 9.94. The summed E-state index contributed by atoms with van der Waals surface area (Å²) in [5.74, 6) is -0.409. The maximum Gasteiger partial charge on any atom is 0.252 e. The minimum atomic E-state index is -0.866. The van der Waals surface area contributed by atoms with E-state index in [9.17, 15) is 14.0 Å². The molecule has 0 bridgehead atoms. The Morgan fingerprint density at radius 1 is 1.33 bits per heavy atom. The van der Waals surface area contributed by atoms with Gasteiger partial charge in [0.15, 0.2) is 0 Å². The molecule has 0 aromatic heterocycles. The van der Waals surface area contributed by atoms with Gasteiger partial charge in [-0.3, -0.25) is 9.59 Å². The van der Waals surface area contributed by atoms with E-state index in [1.165, 1.54) is 6.07 Å². The van der Waals surface area contributed by atoms with Crippen molar-refractivity contribution >= 4 is 17.5 Å². The highest BCUT2D eigenvalue weighted by Crippen LogP contribution is 2.42. The predicted octanol–water partition coefficient (Wildman–Crippen LogP) is 2.16. The van der Waals surface area contributed by atoms with Crippen molar-refractivity contribution < 1.29 is 14.0 Å². The molecule has 1 saturated carbocycles. The molecule has 1 aromatic carbocycles. The number of benzene rings is 1. The molecule has 1 N–H and O–H groups in total. The van der Waals surface area contributed by atoms with Crippen LogP contribution in [0.5, 0.6) is 0 Å². The molecule has 21 heavy (non-hydrogen) atoms. The highest BCUT2D eigenvalue weighted by molar-refractivity contribution is 6.04. The molecular weight excluding hydrogens is 271 g/mol. The van der Waals surface area contributed by atoms with Gasteiger partial charge in [0.25, 0.3) is 5.91 Å². The van der Waals surface area contributed by atoms with E-state index in [0.717, 1.165) is 12.8 Å². The topological polar surface area (TPSA) is 49.4 Å². The monoisotopic (exact) mass is 290 g/mol. The van der Waals surface area contributed by atoms with Crippen molar-refractivity contribution in [2.75, 3.05) is 11.4 Å². The molecule has 1 aliphatic carbocycles. The summed E-state index contributed by atoms with van der Waals surface area (Å²) in [6.07, 6.45) is 2.13. The van der Waals surface area contributed by atoms with E-state index < -0.39 is 5.54 Å². The van der Waals surface area contributed by atoms with Gasteiger partial charge in [-0.1, -0.05) is 6.07 Å². The Hall–Kier alpha value is -1.91. The smallest absolute Gasteiger partial charge is 0.252 e. The van der Waals surface area contributed by atoms with E-state index in [1.807, 2.05) is 0 Å². The lowest BCUT2D eigenvalue weighted by Crippen LogP contribution is -2.56. The molecule has 5 heteroatoms. The first-order chi connectivity index (χ1) is 9.91. The number of aryl methyl sites for hydroxylation is 1. The Morgan fingerprint density at radius 2 is 2.05 bits per heavy atom. The molecule has 4 nitrogen and oxygen atoms in total. The van der Waals surface area contributed by atoms with E-state index >= 15 is 0 Å². The van der Waals surface area contributed by atoms with Crippen molar-refractivity contribution in [1.82, 2.24) is 5.32 Å². The van der Waals surface area contributed by atoms with E-state index in [4.69, 9.17) is 0 Å². The van der Waals surface area contributed by atoms with Crippen LogP contribution in [-0.4, -0.2) is 23.9 Å². The number of rotatable bonds is 2. The first-order valence-corrected chi connectivity index (χ1v) is 7.31. The molecule has 1 atom stereocenters. The molecule has 2 aliphatic rings. The van der Waals surface area contributed by atoms with Crippen LogP contribution in [0.25, 0.3) is 0 Å². The summed E-state index contributed by atoms with van der Waals surface area (Å²) in [6, 6.07) is 4.77. The molecule has 2 amide bonds. The largest absolute Gasteiger partial charge is 0.342 e. The molecule has 1 unspecified atom stereocenters. The number of carbonyl (C=O) groups excluding carboxylic acids is 2. The zero-order chi connectivity index (χ0) is 15.2. The number of anilines is 1. The first-order valence-electron chi connectivity index (χ1n) is 7.31. The van der Waals surface area contributed by atoms with Crippen molar-refractivity contribution in [2.45, 2.75) is 38.6 Å². The summed E-state index contributed by atoms with van der Waals surface area (Å²) in [6.45, 7) is 3.76. The number of nitrogens with one attached hydrogen (secondary N) is 1. The van der Waals surface area contributed by atoms with Gasteiger partial charge in [0.1, 0.15) is 11.4 Å². The van der Waals surface area contributed by atoms with E-state index in [-0.39, 0.29) is 36.5 Å². The van der Waals surface area contributed by atoms with Crippen molar-refractivity contribution in [2.24, 2.45) is 5.92 Å². The van der Waals surface area contributed by atoms with Gasteiger partial charge in [-0.15, -0.1) is 0 Å². The Bertz CT molecular complexity index is 612. The lowest BCUT2D eigenvalue weighted by Gasteiger charge is -2.32. The SMILES string of the molecule is Cc1ccc(N2CCC(=O)NC(C)(C3CC3)C2=O)cc1F. The van der Waals surface area contributed by atoms with Gasteiger partial charge in [-0.05, 0) is 50.3 Å². The van der Waals surface area contributed by atoms with Gasteiger partial charge in [0, 0.05) is 18.7 Å².